The highest BCUT2D eigenvalue weighted by atomic mass is 16.4. The molecule has 0 saturated heterocycles. The Morgan fingerprint density at radius 1 is 1.47 bits per heavy atom. The van der Waals surface area contributed by atoms with Gasteiger partial charge in [-0.3, -0.25) is 4.79 Å². The van der Waals surface area contributed by atoms with Gasteiger partial charge in [0.1, 0.15) is 0 Å². The van der Waals surface area contributed by atoms with Crippen LogP contribution in [0.15, 0.2) is 24.3 Å². The Balaban J connectivity index is 3.12. The molecule has 0 aliphatic carbocycles. The fourth-order valence-corrected chi connectivity index (χ4v) is 1.65. The molecule has 94 valence electrons. The van der Waals surface area contributed by atoms with Gasteiger partial charge in [0.15, 0.2) is 0 Å². The van der Waals surface area contributed by atoms with Crippen LogP contribution in [0.5, 0.6) is 0 Å². The monoisotopic (exact) mass is 237 g/mol. The molecule has 1 atom stereocenters. The number of hydrogen-bond acceptors (Lipinski definition) is 3. The van der Waals surface area contributed by atoms with E-state index in [2.05, 4.69) is 0 Å². The van der Waals surface area contributed by atoms with Crippen molar-refractivity contribution in [3.63, 3.8) is 0 Å². The molecule has 0 aliphatic rings. The molecular formula is C13H19NO3. The highest BCUT2D eigenvalue weighted by molar-refractivity contribution is 5.76. The van der Waals surface area contributed by atoms with Gasteiger partial charge in [-0.1, -0.05) is 38.1 Å². The largest absolute Gasteiger partial charge is 0.481 e. The van der Waals surface area contributed by atoms with Crippen LogP contribution in [-0.4, -0.2) is 29.3 Å². The third-order valence-corrected chi connectivity index (χ3v) is 3.00. The predicted octanol–water partition coefficient (Wildman–Crippen LogP) is 1.08. The second-order valence-electron chi connectivity index (χ2n) is 4.79. The molecule has 0 fully saturated rings. The SMILES string of the molecule is CC(C)(CO)c1cccc(C(CN)C(=O)O)c1. The molecule has 1 aromatic carbocycles. The van der Waals surface area contributed by atoms with E-state index in [1.165, 1.54) is 0 Å². The maximum absolute atomic E-state index is 11.0. The average molecular weight is 237 g/mol. The van der Waals surface area contributed by atoms with Crippen LogP contribution in [0.2, 0.25) is 0 Å². The van der Waals surface area contributed by atoms with Gasteiger partial charge >= 0.3 is 5.97 Å². The highest BCUT2D eigenvalue weighted by Crippen LogP contribution is 2.25. The normalized spacial score (nSPS) is 13.4. The summed E-state index contributed by atoms with van der Waals surface area (Å²) in [7, 11) is 0. The minimum atomic E-state index is -0.925. The number of nitrogens with two attached hydrogens (primary N) is 1. The second kappa shape index (κ2) is 5.29. The highest BCUT2D eigenvalue weighted by Gasteiger charge is 2.23. The molecule has 0 radical (unpaired) electrons. The standard InChI is InChI=1S/C13H19NO3/c1-13(2,8-15)10-5-3-4-9(6-10)11(7-14)12(16)17/h3-6,11,15H,7-8,14H2,1-2H3,(H,16,17). The summed E-state index contributed by atoms with van der Waals surface area (Å²) in [5.41, 5.74) is 6.68. The van der Waals surface area contributed by atoms with E-state index in [-0.39, 0.29) is 18.6 Å². The van der Waals surface area contributed by atoms with Crippen LogP contribution < -0.4 is 5.73 Å². The molecule has 0 spiro atoms. The molecule has 0 aromatic heterocycles. The van der Waals surface area contributed by atoms with E-state index in [0.717, 1.165) is 5.56 Å². The van der Waals surface area contributed by atoms with Crippen molar-refractivity contribution in [3.8, 4) is 0 Å². The summed E-state index contributed by atoms with van der Waals surface area (Å²) >= 11 is 0. The van der Waals surface area contributed by atoms with Crippen LogP contribution in [0, 0.1) is 0 Å². The van der Waals surface area contributed by atoms with Crippen LogP contribution in [0.1, 0.15) is 30.9 Å². The van der Waals surface area contributed by atoms with Crippen LogP contribution in [0.3, 0.4) is 0 Å². The smallest absolute Gasteiger partial charge is 0.312 e. The van der Waals surface area contributed by atoms with Gasteiger partial charge in [-0.2, -0.15) is 0 Å². The van der Waals surface area contributed by atoms with Crippen molar-refractivity contribution >= 4 is 5.97 Å². The van der Waals surface area contributed by atoms with Gasteiger partial charge in [0, 0.05) is 12.0 Å². The van der Waals surface area contributed by atoms with Crippen LogP contribution >= 0.6 is 0 Å². The maximum atomic E-state index is 11.0. The van der Waals surface area contributed by atoms with E-state index in [9.17, 15) is 9.90 Å². The number of carboxylic acids is 1. The molecule has 1 aromatic rings. The Labute approximate surface area is 101 Å². The Bertz CT molecular complexity index is 401. The first-order valence-corrected chi connectivity index (χ1v) is 5.56. The van der Waals surface area contributed by atoms with Gasteiger partial charge in [0.2, 0.25) is 0 Å². The zero-order chi connectivity index (χ0) is 13.1. The molecule has 1 unspecified atom stereocenters. The second-order valence-corrected chi connectivity index (χ2v) is 4.79. The summed E-state index contributed by atoms with van der Waals surface area (Å²) in [4.78, 5) is 11.0. The molecule has 0 heterocycles. The summed E-state index contributed by atoms with van der Waals surface area (Å²) in [6, 6.07) is 7.24. The lowest BCUT2D eigenvalue weighted by atomic mass is 9.83. The van der Waals surface area contributed by atoms with Crippen LogP contribution in [0.4, 0.5) is 0 Å². The molecule has 0 bridgehead atoms. The Morgan fingerprint density at radius 2 is 2.12 bits per heavy atom. The van der Waals surface area contributed by atoms with Crippen molar-refractivity contribution in [2.24, 2.45) is 5.73 Å². The number of benzene rings is 1. The molecule has 0 aliphatic heterocycles. The van der Waals surface area contributed by atoms with Crippen molar-refractivity contribution < 1.29 is 15.0 Å². The molecule has 4 N–H and O–H groups in total. The van der Waals surface area contributed by atoms with Crippen molar-refractivity contribution in [1.82, 2.24) is 0 Å². The van der Waals surface area contributed by atoms with Crippen LogP contribution in [-0.2, 0) is 10.2 Å². The zero-order valence-electron chi connectivity index (χ0n) is 10.2. The summed E-state index contributed by atoms with van der Waals surface area (Å²) in [5, 5.41) is 18.4. The fourth-order valence-electron chi connectivity index (χ4n) is 1.65. The number of rotatable bonds is 5. The first-order valence-electron chi connectivity index (χ1n) is 5.56. The van der Waals surface area contributed by atoms with E-state index in [4.69, 9.17) is 10.8 Å². The third kappa shape index (κ3) is 3.05. The Kier molecular flexibility index (Phi) is 4.26. The van der Waals surface area contributed by atoms with Gasteiger partial charge in [0.25, 0.3) is 0 Å². The number of aliphatic hydroxyl groups is 1. The minimum absolute atomic E-state index is 0.0107. The van der Waals surface area contributed by atoms with Crippen molar-refractivity contribution in [1.29, 1.82) is 0 Å². The van der Waals surface area contributed by atoms with E-state index in [1.807, 2.05) is 26.0 Å². The summed E-state index contributed by atoms with van der Waals surface area (Å²) in [6.07, 6.45) is 0. The topological polar surface area (TPSA) is 83.5 Å². The van der Waals surface area contributed by atoms with Gasteiger partial charge in [-0.05, 0) is 11.1 Å². The quantitative estimate of drug-likeness (QED) is 0.715. The molecule has 4 heteroatoms. The molecule has 0 amide bonds. The van der Waals surface area contributed by atoms with Gasteiger partial charge < -0.3 is 15.9 Å². The summed E-state index contributed by atoms with van der Waals surface area (Å²) < 4.78 is 0. The van der Waals surface area contributed by atoms with Crippen molar-refractivity contribution in [3.05, 3.63) is 35.4 Å². The Morgan fingerprint density at radius 3 is 2.59 bits per heavy atom. The number of aliphatic hydroxyl groups excluding tert-OH is 1. The summed E-state index contributed by atoms with van der Waals surface area (Å²) in [6.45, 7) is 3.89. The molecule has 1 rings (SSSR count). The van der Waals surface area contributed by atoms with Crippen molar-refractivity contribution in [2.75, 3.05) is 13.2 Å². The van der Waals surface area contributed by atoms with E-state index < -0.39 is 11.9 Å². The molecule has 4 nitrogen and oxygen atoms in total. The Hall–Kier alpha value is -1.39. The van der Waals surface area contributed by atoms with Crippen molar-refractivity contribution in [2.45, 2.75) is 25.2 Å². The van der Waals surface area contributed by atoms with Gasteiger partial charge in [0.05, 0.1) is 12.5 Å². The predicted molar refractivity (Wildman–Crippen MR) is 66.0 cm³/mol. The van der Waals surface area contributed by atoms with E-state index in [1.54, 1.807) is 12.1 Å². The molecule has 0 saturated carbocycles. The number of hydrogen-bond donors (Lipinski definition) is 3. The number of carboxylic acid groups (broad SMARTS) is 1. The zero-order valence-corrected chi connectivity index (χ0v) is 10.2. The van der Waals surface area contributed by atoms with Gasteiger partial charge in [-0.15, -0.1) is 0 Å². The minimum Gasteiger partial charge on any atom is -0.481 e. The maximum Gasteiger partial charge on any atom is 0.312 e. The lowest BCUT2D eigenvalue weighted by molar-refractivity contribution is -0.138. The lowest BCUT2D eigenvalue weighted by Gasteiger charge is -2.23. The fraction of sp³-hybridized carbons (Fsp3) is 0.462. The van der Waals surface area contributed by atoms with Crippen LogP contribution in [0.25, 0.3) is 0 Å². The van der Waals surface area contributed by atoms with Gasteiger partial charge in [-0.25, -0.2) is 0 Å². The third-order valence-electron chi connectivity index (χ3n) is 3.00. The average Bonchev–Trinajstić information content (AvgIpc) is 2.30. The molecular weight excluding hydrogens is 218 g/mol. The van der Waals surface area contributed by atoms with E-state index in [0.29, 0.717) is 5.56 Å². The molecule has 17 heavy (non-hydrogen) atoms. The lowest BCUT2D eigenvalue weighted by Crippen LogP contribution is -2.24. The number of carbonyl (C=O) groups is 1. The number of aliphatic carboxylic acids is 1. The summed E-state index contributed by atoms with van der Waals surface area (Å²) in [5.74, 6) is -1.61. The van der Waals surface area contributed by atoms with E-state index >= 15 is 0 Å². The first kappa shape index (κ1) is 13.7. The first-order chi connectivity index (χ1) is 7.92.